The van der Waals surface area contributed by atoms with Gasteiger partial charge in [0.15, 0.2) is 0 Å². The summed E-state index contributed by atoms with van der Waals surface area (Å²) in [5, 5.41) is 0. The van der Waals surface area contributed by atoms with Crippen molar-refractivity contribution >= 4 is 5.57 Å². The smallest absolute Gasteiger partial charge is 0.0406 e. The van der Waals surface area contributed by atoms with Gasteiger partial charge in [0.25, 0.3) is 0 Å². The normalized spacial score (nSPS) is 15.7. The summed E-state index contributed by atoms with van der Waals surface area (Å²) in [6.45, 7) is 8.31. The first-order valence-electron chi connectivity index (χ1n) is 9.15. The summed E-state index contributed by atoms with van der Waals surface area (Å²) in [6, 6.07) is 4.49. The molecule has 0 fully saturated rings. The van der Waals surface area contributed by atoms with Crippen LogP contribution in [0.15, 0.2) is 48.7 Å². The fraction of sp³-hybridized carbons (Fsp3) is 0.500. The molecule has 1 heteroatoms. The average molecular weight is 309 g/mol. The monoisotopic (exact) mass is 309 g/mol. The highest BCUT2D eigenvalue weighted by Crippen LogP contribution is 2.26. The number of aromatic nitrogens is 1. The highest BCUT2D eigenvalue weighted by Gasteiger charge is 2.11. The van der Waals surface area contributed by atoms with Gasteiger partial charge < -0.3 is 0 Å². The van der Waals surface area contributed by atoms with Crippen LogP contribution in [0.25, 0.3) is 5.57 Å². The number of unbranched alkanes of at least 4 members (excludes halogenated alkanes) is 1. The fourth-order valence-electron chi connectivity index (χ4n) is 3.32. The Morgan fingerprint density at radius 2 is 2.09 bits per heavy atom. The largest absolute Gasteiger partial charge is 0.261 e. The minimum absolute atomic E-state index is 0.762. The molecule has 1 aliphatic carbocycles. The number of pyridine rings is 1. The summed E-state index contributed by atoms with van der Waals surface area (Å²) in [5.74, 6) is 0.762. The second-order valence-electron chi connectivity index (χ2n) is 6.82. The summed E-state index contributed by atoms with van der Waals surface area (Å²) in [5.41, 5.74) is 5.43. The Balaban J connectivity index is 1.96. The van der Waals surface area contributed by atoms with Crippen molar-refractivity contribution in [2.24, 2.45) is 5.92 Å². The Hall–Kier alpha value is -1.63. The van der Waals surface area contributed by atoms with Crippen LogP contribution in [-0.2, 0) is 6.42 Å². The molecule has 1 atom stereocenters. The van der Waals surface area contributed by atoms with Crippen molar-refractivity contribution < 1.29 is 0 Å². The van der Waals surface area contributed by atoms with Gasteiger partial charge in [0, 0.05) is 11.9 Å². The van der Waals surface area contributed by atoms with Gasteiger partial charge in [-0.25, -0.2) is 0 Å². The number of allylic oxidation sites excluding steroid dienone is 5. The lowest BCUT2D eigenvalue weighted by Crippen LogP contribution is -2.06. The number of hydrogen-bond acceptors (Lipinski definition) is 1. The lowest BCUT2D eigenvalue weighted by Gasteiger charge is -2.16. The van der Waals surface area contributed by atoms with E-state index >= 15 is 0 Å². The molecule has 0 bridgehead atoms. The van der Waals surface area contributed by atoms with Crippen LogP contribution in [0.1, 0.15) is 70.1 Å². The van der Waals surface area contributed by atoms with Gasteiger partial charge in [0.05, 0.1) is 0 Å². The topological polar surface area (TPSA) is 12.9 Å². The van der Waals surface area contributed by atoms with Crippen molar-refractivity contribution in [1.29, 1.82) is 0 Å². The van der Waals surface area contributed by atoms with Crippen LogP contribution in [0.2, 0.25) is 0 Å². The molecule has 0 amide bonds. The molecule has 1 aliphatic rings. The summed E-state index contributed by atoms with van der Waals surface area (Å²) in [6.07, 6.45) is 18.3. The van der Waals surface area contributed by atoms with Gasteiger partial charge in [-0.2, -0.15) is 0 Å². The predicted molar refractivity (Wildman–Crippen MR) is 101 cm³/mol. The van der Waals surface area contributed by atoms with Gasteiger partial charge in [-0.1, -0.05) is 49.6 Å². The lowest BCUT2D eigenvalue weighted by atomic mass is 9.91. The second-order valence-corrected chi connectivity index (χ2v) is 6.82. The van der Waals surface area contributed by atoms with Crippen molar-refractivity contribution in [3.05, 3.63) is 60.0 Å². The summed E-state index contributed by atoms with van der Waals surface area (Å²) >= 11 is 0. The van der Waals surface area contributed by atoms with E-state index in [1.807, 2.05) is 6.08 Å². The van der Waals surface area contributed by atoms with Crippen LogP contribution in [0.3, 0.4) is 0 Å². The number of rotatable bonds is 9. The van der Waals surface area contributed by atoms with E-state index in [4.69, 9.17) is 4.98 Å². The predicted octanol–water partition coefficient (Wildman–Crippen LogP) is 6.52. The molecule has 0 aromatic carbocycles. The van der Waals surface area contributed by atoms with Gasteiger partial charge in [0.1, 0.15) is 0 Å². The van der Waals surface area contributed by atoms with Crippen LogP contribution in [0.4, 0.5) is 0 Å². The molecule has 0 N–H and O–H groups in total. The van der Waals surface area contributed by atoms with Crippen molar-refractivity contribution in [2.45, 2.75) is 65.2 Å². The van der Waals surface area contributed by atoms with E-state index in [-0.39, 0.29) is 0 Å². The second kappa shape index (κ2) is 9.50. The molecule has 1 nitrogen and oxygen atoms in total. The highest BCUT2D eigenvalue weighted by molar-refractivity contribution is 5.68. The van der Waals surface area contributed by atoms with Crippen LogP contribution < -0.4 is 0 Å². The maximum absolute atomic E-state index is 4.74. The molecule has 1 aromatic heterocycles. The standard InChI is InChI=1S/C22H31N/c1-4-6-7-9-19(8-5-2)16-22-15-14-21(17-23-22)20-12-10-18(3)11-13-20/h4,10,12,14-15,17,19H,1,5-9,11,13,16H2,2-3H3. The molecule has 124 valence electrons. The molecule has 1 heterocycles. The molecule has 1 unspecified atom stereocenters. The van der Waals surface area contributed by atoms with Crippen LogP contribution in [0, 0.1) is 5.92 Å². The molecule has 0 saturated heterocycles. The van der Waals surface area contributed by atoms with Gasteiger partial charge in [-0.15, -0.1) is 6.58 Å². The van der Waals surface area contributed by atoms with Gasteiger partial charge in [-0.05, 0) is 68.6 Å². The molecule has 0 radical (unpaired) electrons. The molecule has 1 aromatic rings. The third-order valence-electron chi connectivity index (χ3n) is 4.77. The Kier molecular flexibility index (Phi) is 7.32. The third kappa shape index (κ3) is 5.82. The molecular formula is C22H31N. The molecule has 2 rings (SSSR count). The SMILES string of the molecule is C=CCCCC(CCC)Cc1ccc(C2=CC=C(C)CC2)cn1. The van der Waals surface area contributed by atoms with E-state index in [0.29, 0.717) is 0 Å². The fourth-order valence-corrected chi connectivity index (χ4v) is 3.32. The van der Waals surface area contributed by atoms with E-state index in [9.17, 15) is 0 Å². The third-order valence-corrected chi connectivity index (χ3v) is 4.77. The summed E-state index contributed by atoms with van der Waals surface area (Å²) < 4.78 is 0. The summed E-state index contributed by atoms with van der Waals surface area (Å²) in [4.78, 5) is 4.74. The lowest BCUT2D eigenvalue weighted by molar-refractivity contribution is 0.427. The van der Waals surface area contributed by atoms with E-state index in [2.05, 4.69) is 50.9 Å². The van der Waals surface area contributed by atoms with Gasteiger partial charge in [-0.3, -0.25) is 4.98 Å². The zero-order chi connectivity index (χ0) is 16.5. The van der Waals surface area contributed by atoms with Gasteiger partial charge >= 0.3 is 0 Å². The molecule has 0 spiro atoms. The van der Waals surface area contributed by atoms with Crippen molar-refractivity contribution in [3.63, 3.8) is 0 Å². The first-order chi connectivity index (χ1) is 11.2. The molecule has 23 heavy (non-hydrogen) atoms. The minimum Gasteiger partial charge on any atom is -0.261 e. The van der Waals surface area contributed by atoms with E-state index in [1.54, 1.807) is 0 Å². The zero-order valence-electron chi connectivity index (χ0n) is 14.9. The Bertz CT molecular complexity index is 548. The minimum atomic E-state index is 0.762. The van der Waals surface area contributed by atoms with Crippen LogP contribution >= 0.6 is 0 Å². The first-order valence-corrected chi connectivity index (χ1v) is 9.15. The van der Waals surface area contributed by atoms with E-state index in [0.717, 1.165) is 25.2 Å². The van der Waals surface area contributed by atoms with Crippen molar-refractivity contribution in [2.75, 3.05) is 0 Å². The van der Waals surface area contributed by atoms with E-state index in [1.165, 1.54) is 54.5 Å². The first kappa shape index (κ1) is 17.7. The van der Waals surface area contributed by atoms with Crippen LogP contribution in [0.5, 0.6) is 0 Å². The van der Waals surface area contributed by atoms with Crippen molar-refractivity contribution in [3.8, 4) is 0 Å². The Morgan fingerprint density at radius 3 is 2.70 bits per heavy atom. The molecule has 0 aliphatic heterocycles. The highest BCUT2D eigenvalue weighted by atomic mass is 14.7. The molecular weight excluding hydrogens is 278 g/mol. The quantitative estimate of drug-likeness (QED) is 0.374. The summed E-state index contributed by atoms with van der Waals surface area (Å²) in [7, 11) is 0. The number of hydrogen-bond donors (Lipinski definition) is 0. The maximum atomic E-state index is 4.74. The maximum Gasteiger partial charge on any atom is 0.0406 e. The Labute approximate surface area is 142 Å². The Morgan fingerprint density at radius 1 is 1.22 bits per heavy atom. The average Bonchev–Trinajstić information content (AvgIpc) is 2.57. The molecule has 0 saturated carbocycles. The van der Waals surface area contributed by atoms with Gasteiger partial charge in [0.2, 0.25) is 0 Å². The van der Waals surface area contributed by atoms with Crippen LogP contribution in [-0.4, -0.2) is 4.98 Å². The van der Waals surface area contributed by atoms with E-state index < -0.39 is 0 Å². The number of nitrogens with zero attached hydrogens (tertiary/aromatic N) is 1. The van der Waals surface area contributed by atoms with Crippen molar-refractivity contribution in [1.82, 2.24) is 4.98 Å². The zero-order valence-corrected chi connectivity index (χ0v) is 14.9.